The molecule has 1 aliphatic heterocycles. The minimum Gasteiger partial charge on any atom is -0.493 e. The van der Waals surface area contributed by atoms with Crippen LogP contribution >= 0.6 is 11.3 Å². The van der Waals surface area contributed by atoms with Crippen molar-refractivity contribution in [2.75, 3.05) is 11.9 Å². The number of aromatic nitrogens is 2. The van der Waals surface area contributed by atoms with Gasteiger partial charge in [-0.1, -0.05) is 0 Å². The van der Waals surface area contributed by atoms with Crippen LogP contribution in [0.1, 0.15) is 27.3 Å². The fraction of sp³-hybridized carbons (Fsp3) is 0.211. The van der Waals surface area contributed by atoms with Crippen molar-refractivity contribution in [2.24, 2.45) is 0 Å². The molecule has 0 spiro atoms. The first-order valence-electron chi connectivity index (χ1n) is 8.39. The predicted octanol–water partition coefficient (Wildman–Crippen LogP) is 4.72. The van der Waals surface area contributed by atoms with Gasteiger partial charge in [0.15, 0.2) is 5.13 Å². The Labute approximate surface area is 162 Å². The van der Waals surface area contributed by atoms with Crippen molar-refractivity contribution in [2.45, 2.75) is 19.5 Å². The molecule has 4 rings (SSSR count). The van der Waals surface area contributed by atoms with Crippen LogP contribution in [0.4, 0.5) is 18.3 Å². The molecule has 0 unspecified atom stereocenters. The van der Waals surface area contributed by atoms with E-state index in [1.807, 2.05) is 23.6 Å². The summed E-state index contributed by atoms with van der Waals surface area (Å²) >= 11 is 1.24. The van der Waals surface area contributed by atoms with Gasteiger partial charge in [0.05, 0.1) is 23.6 Å². The van der Waals surface area contributed by atoms with Crippen LogP contribution in [0.15, 0.2) is 35.7 Å². The van der Waals surface area contributed by atoms with E-state index in [-0.39, 0.29) is 11.3 Å². The Morgan fingerprint density at radius 2 is 2.04 bits per heavy atom. The molecule has 1 aliphatic rings. The molecule has 1 amide bonds. The lowest BCUT2D eigenvalue weighted by atomic mass is 10.1. The number of carbonyl (C=O) groups is 1. The molecule has 28 heavy (non-hydrogen) atoms. The van der Waals surface area contributed by atoms with Crippen molar-refractivity contribution in [3.05, 3.63) is 58.2 Å². The number of amides is 1. The van der Waals surface area contributed by atoms with E-state index in [4.69, 9.17) is 4.74 Å². The van der Waals surface area contributed by atoms with E-state index < -0.39 is 17.8 Å². The number of fused-ring (bicyclic) bond motifs is 1. The summed E-state index contributed by atoms with van der Waals surface area (Å²) in [5.74, 6) is 0.319. The second-order valence-corrected chi connectivity index (χ2v) is 7.10. The van der Waals surface area contributed by atoms with Gasteiger partial charge in [-0.25, -0.2) is 9.97 Å². The number of nitrogens with zero attached hydrogens (tertiary/aromatic N) is 2. The fourth-order valence-electron chi connectivity index (χ4n) is 2.93. The topological polar surface area (TPSA) is 64.1 Å². The number of halogens is 3. The maximum atomic E-state index is 12.7. The fourth-order valence-corrected chi connectivity index (χ4v) is 3.65. The Hall–Kier alpha value is -2.94. The normalized spacial score (nSPS) is 13.1. The zero-order valence-corrected chi connectivity index (χ0v) is 15.4. The van der Waals surface area contributed by atoms with Gasteiger partial charge >= 0.3 is 6.18 Å². The average Bonchev–Trinajstić information content (AvgIpc) is 3.29. The molecule has 3 heterocycles. The van der Waals surface area contributed by atoms with Gasteiger partial charge in [0.1, 0.15) is 11.4 Å². The summed E-state index contributed by atoms with van der Waals surface area (Å²) < 4.78 is 43.6. The number of hydrogen-bond acceptors (Lipinski definition) is 5. The van der Waals surface area contributed by atoms with Crippen LogP contribution < -0.4 is 10.1 Å². The van der Waals surface area contributed by atoms with Crippen LogP contribution in [0.5, 0.6) is 5.75 Å². The Kier molecular flexibility index (Phi) is 4.54. The van der Waals surface area contributed by atoms with Crippen LogP contribution in [-0.2, 0) is 12.6 Å². The highest BCUT2D eigenvalue weighted by atomic mass is 32.1. The number of anilines is 1. The van der Waals surface area contributed by atoms with Gasteiger partial charge in [0.2, 0.25) is 0 Å². The molecule has 144 valence electrons. The molecule has 0 atom stereocenters. The van der Waals surface area contributed by atoms with Crippen LogP contribution in [0.3, 0.4) is 0 Å². The number of aryl methyl sites for hydroxylation is 1. The van der Waals surface area contributed by atoms with Crippen molar-refractivity contribution in [1.29, 1.82) is 0 Å². The molecule has 9 heteroatoms. The average molecular weight is 405 g/mol. The Balaban J connectivity index is 1.52. The lowest BCUT2D eigenvalue weighted by molar-refractivity contribution is -0.141. The molecule has 0 saturated heterocycles. The maximum absolute atomic E-state index is 12.7. The third-order valence-corrected chi connectivity index (χ3v) is 5.09. The van der Waals surface area contributed by atoms with E-state index in [1.54, 1.807) is 0 Å². The summed E-state index contributed by atoms with van der Waals surface area (Å²) in [5, 5.41) is 4.79. The predicted molar refractivity (Wildman–Crippen MR) is 98.7 cm³/mol. The van der Waals surface area contributed by atoms with E-state index in [1.165, 1.54) is 18.3 Å². The van der Waals surface area contributed by atoms with E-state index in [2.05, 4.69) is 15.3 Å². The maximum Gasteiger partial charge on any atom is 0.433 e. The number of nitrogens with one attached hydrogen (secondary N) is 1. The lowest BCUT2D eigenvalue weighted by Crippen LogP contribution is -2.16. The highest BCUT2D eigenvalue weighted by Crippen LogP contribution is 2.32. The molecule has 1 aromatic carbocycles. The molecule has 0 saturated carbocycles. The molecular weight excluding hydrogens is 391 g/mol. The number of hydrogen-bond donors (Lipinski definition) is 1. The summed E-state index contributed by atoms with van der Waals surface area (Å²) in [4.78, 5) is 20.3. The second kappa shape index (κ2) is 6.90. The van der Waals surface area contributed by atoms with E-state index in [0.717, 1.165) is 35.4 Å². The molecular formula is C19H14F3N3O2S. The SMILES string of the molecule is Cc1nc(C(F)(F)F)ccc1C(=O)Nc1nc(-c2ccc3c(c2)CCO3)cs1. The number of alkyl halides is 3. The Morgan fingerprint density at radius 3 is 2.79 bits per heavy atom. The quantitative estimate of drug-likeness (QED) is 0.685. The van der Waals surface area contributed by atoms with Gasteiger partial charge in [-0.2, -0.15) is 13.2 Å². The monoisotopic (exact) mass is 405 g/mol. The highest BCUT2D eigenvalue weighted by molar-refractivity contribution is 7.14. The van der Waals surface area contributed by atoms with Gasteiger partial charge in [-0.3, -0.25) is 10.1 Å². The van der Waals surface area contributed by atoms with Gasteiger partial charge < -0.3 is 4.74 Å². The van der Waals surface area contributed by atoms with E-state index >= 15 is 0 Å². The molecule has 0 bridgehead atoms. The van der Waals surface area contributed by atoms with Crippen LogP contribution in [-0.4, -0.2) is 22.5 Å². The number of benzene rings is 1. The standard InChI is InChI=1S/C19H14F3N3O2S/c1-10-13(3-5-16(23-10)19(20,21)22)17(26)25-18-24-14(9-28-18)11-2-4-15-12(8-11)6-7-27-15/h2-5,8-9H,6-7H2,1H3,(H,24,25,26). The van der Waals surface area contributed by atoms with Gasteiger partial charge in [-0.05, 0) is 42.8 Å². The molecule has 5 nitrogen and oxygen atoms in total. The van der Waals surface area contributed by atoms with E-state index in [9.17, 15) is 18.0 Å². The number of pyridine rings is 1. The second-order valence-electron chi connectivity index (χ2n) is 6.24. The minimum absolute atomic E-state index is 0.00252. The van der Waals surface area contributed by atoms with Crippen LogP contribution in [0.2, 0.25) is 0 Å². The third kappa shape index (κ3) is 3.57. The summed E-state index contributed by atoms with van der Waals surface area (Å²) in [6, 6.07) is 7.71. The molecule has 0 fully saturated rings. The van der Waals surface area contributed by atoms with E-state index in [0.29, 0.717) is 17.4 Å². The van der Waals surface area contributed by atoms with Gasteiger partial charge in [0.25, 0.3) is 5.91 Å². The molecule has 3 aromatic rings. The molecule has 1 N–H and O–H groups in total. The zero-order valence-electron chi connectivity index (χ0n) is 14.6. The number of rotatable bonds is 3. The Bertz CT molecular complexity index is 1060. The summed E-state index contributed by atoms with van der Waals surface area (Å²) in [6.45, 7) is 2.03. The lowest BCUT2D eigenvalue weighted by Gasteiger charge is -2.09. The first kappa shape index (κ1) is 18.4. The van der Waals surface area contributed by atoms with Gasteiger partial charge in [-0.15, -0.1) is 11.3 Å². The highest BCUT2D eigenvalue weighted by Gasteiger charge is 2.33. The van der Waals surface area contributed by atoms with Crippen molar-refractivity contribution in [3.63, 3.8) is 0 Å². The number of ether oxygens (including phenoxy) is 1. The summed E-state index contributed by atoms with van der Waals surface area (Å²) in [6.07, 6.45) is -3.71. The van der Waals surface area contributed by atoms with Crippen LogP contribution in [0, 0.1) is 6.92 Å². The third-order valence-electron chi connectivity index (χ3n) is 4.33. The smallest absolute Gasteiger partial charge is 0.433 e. The largest absolute Gasteiger partial charge is 0.493 e. The van der Waals surface area contributed by atoms with Crippen molar-refractivity contribution >= 4 is 22.4 Å². The first-order chi connectivity index (χ1) is 13.3. The molecule has 2 aromatic heterocycles. The van der Waals surface area contributed by atoms with Crippen LogP contribution in [0.25, 0.3) is 11.3 Å². The molecule has 0 radical (unpaired) electrons. The van der Waals surface area contributed by atoms with Crippen molar-refractivity contribution in [1.82, 2.24) is 9.97 Å². The minimum atomic E-state index is -4.55. The number of thiazole rings is 1. The number of carbonyl (C=O) groups excluding carboxylic acids is 1. The summed E-state index contributed by atoms with van der Waals surface area (Å²) in [7, 11) is 0. The van der Waals surface area contributed by atoms with Gasteiger partial charge in [0, 0.05) is 17.4 Å². The first-order valence-corrected chi connectivity index (χ1v) is 9.27. The molecule has 0 aliphatic carbocycles. The zero-order chi connectivity index (χ0) is 19.9. The van der Waals surface area contributed by atoms with Crippen molar-refractivity contribution in [3.8, 4) is 17.0 Å². The Morgan fingerprint density at radius 1 is 1.21 bits per heavy atom. The summed E-state index contributed by atoms with van der Waals surface area (Å²) in [5.41, 5.74) is 1.77. The van der Waals surface area contributed by atoms with Crippen molar-refractivity contribution < 1.29 is 22.7 Å².